The minimum atomic E-state index is -0.475. The first-order valence-electron chi connectivity index (χ1n) is 9.99. The highest BCUT2D eigenvalue weighted by atomic mass is 16.5. The van der Waals surface area contributed by atoms with Crippen LogP contribution in [0.1, 0.15) is 27.8 Å². The Hall–Kier alpha value is -3.65. The van der Waals surface area contributed by atoms with Crippen molar-refractivity contribution in [3.05, 3.63) is 72.1 Å². The number of hydrogen-bond donors (Lipinski definition) is 1. The van der Waals surface area contributed by atoms with Gasteiger partial charge in [0.15, 0.2) is 5.69 Å². The lowest BCUT2D eigenvalue weighted by Crippen LogP contribution is -2.20. The summed E-state index contributed by atoms with van der Waals surface area (Å²) in [7, 11) is 3.93. The van der Waals surface area contributed by atoms with Crippen molar-refractivity contribution in [3.8, 4) is 11.4 Å². The molecule has 3 rings (SSSR count). The molecular formula is C23H26N4O4. The summed E-state index contributed by atoms with van der Waals surface area (Å²) in [6.07, 6.45) is 1.67. The van der Waals surface area contributed by atoms with Gasteiger partial charge < -0.3 is 19.7 Å². The topological polar surface area (TPSA) is 85.7 Å². The summed E-state index contributed by atoms with van der Waals surface area (Å²) in [6, 6.07) is 15.9. The van der Waals surface area contributed by atoms with E-state index < -0.39 is 5.97 Å². The highest BCUT2D eigenvalue weighted by molar-refractivity contribution is 6.06. The summed E-state index contributed by atoms with van der Waals surface area (Å²) in [5, 5.41) is 7.14. The highest BCUT2D eigenvalue weighted by Crippen LogP contribution is 2.21. The molecule has 0 aliphatic rings. The molecule has 0 radical (unpaired) electrons. The maximum atomic E-state index is 12.9. The van der Waals surface area contributed by atoms with Crippen LogP contribution in [0, 0.1) is 0 Å². The fraction of sp³-hybridized carbons (Fsp3) is 0.261. The Morgan fingerprint density at radius 3 is 2.68 bits per heavy atom. The third-order valence-corrected chi connectivity index (χ3v) is 4.37. The van der Waals surface area contributed by atoms with E-state index in [1.54, 1.807) is 60.3 Å². The summed E-state index contributed by atoms with van der Waals surface area (Å²) in [5.41, 5.74) is 1.97. The zero-order valence-electron chi connectivity index (χ0n) is 17.9. The molecule has 162 valence electrons. The lowest BCUT2D eigenvalue weighted by molar-refractivity contribution is 0.0519. The van der Waals surface area contributed by atoms with Crippen molar-refractivity contribution < 1.29 is 19.1 Å². The number of likely N-dealkylation sites (N-methyl/N-ethyl adjacent to an activating group) is 1. The van der Waals surface area contributed by atoms with Gasteiger partial charge in [-0.2, -0.15) is 5.10 Å². The molecule has 0 aliphatic heterocycles. The fourth-order valence-electron chi connectivity index (χ4n) is 2.82. The molecule has 2 aromatic carbocycles. The van der Waals surface area contributed by atoms with Crippen LogP contribution in [0.15, 0.2) is 60.8 Å². The fourth-order valence-corrected chi connectivity index (χ4v) is 2.82. The van der Waals surface area contributed by atoms with E-state index in [2.05, 4.69) is 10.4 Å². The molecule has 8 nitrogen and oxygen atoms in total. The molecular weight excluding hydrogens is 396 g/mol. The first-order chi connectivity index (χ1) is 15.0. The Morgan fingerprint density at radius 1 is 1.10 bits per heavy atom. The van der Waals surface area contributed by atoms with E-state index in [1.165, 1.54) is 0 Å². The Balaban J connectivity index is 1.73. The van der Waals surface area contributed by atoms with E-state index >= 15 is 0 Å². The Bertz CT molecular complexity index is 1050. The molecule has 0 spiro atoms. The van der Waals surface area contributed by atoms with E-state index in [1.807, 2.05) is 31.1 Å². The van der Waals surface area contributed by atoms with E-state index in [0.29, 0.717) is 29.3 Å². The molecule has 0 bridgehead atoms. The van der Waals surface area contributed by atoms with Crippen molar-refractivity contribution >= 4 is 17.6 Å². The normalized spacial score (nSPS) is 10.7. The second-order valence-electron chi connectivity index (χ2n) is 7.02. The number of nitrogens with zero attached hydrogens (tertiary/aromatic N) is 3. The van der Waals surface area contributed by atoms with Gasteiger partial charge >= 0.3 is 5.97 Å². The summed E-state index contributed by atoms with van der Waals surface area (Å²) >= 11 is 0. The number of benzene rings is 2. The van der Waals surface area contributed by atoms with Crippen LogP contribution >= 0.6 is 0 Å². The van der Waals surface area contributed by atoms with E-state index in [-0.39, 0.29) is 18.2 Å². The molecule has 0 saturated heterocycles. The van der Waals surface area contributed by atoms with Crippen LogP contribution in [0.25, 0.3) is 5.69 Å². The third kappa shape index (κ3) is 5.93. The van der Waals surface area contributed by atoms with Gasteiger partial charge in [-0.25, -0.2) is 9.48 Å². The second kappa shape index (κ2) is 10.4. The number of amides is 1. The molecule has 0 atom stereocenters. The summed E-state index contributed by atoms with van der Waals surface area (Å²) < 4.78 is 12.3. The second-order valence-corrected chi connectivity index (χ2v) is 7.02. The average Bonchev–Trinajstić information content (AvgIpc) is 3.25. The van der Waals surface area contributed by atoms with E-state index in [0.717, 1.165) is 6.54 Å². The summed E-state index contributed by atoms with van der Waals surface area (Å²) in [6.45, 7) is 3.25. The molecule has 1 heterocycles. The molecule has 8 heteroatoms. The number of hydrogen-bond acceptors (Lipinski definition) is 6. The lowest BCUT2D eigenvalue weighted by Gasteiger charge is -2.14. The van der Waals surface area contributed by atoms with Gasteiger partial charge in [0.25, 0.3) is 5.91 Å². The van der Waals surface area contributed by atoms with Gasteiger partial charge in [-0.15, -0.1) is 0 Å². The molecule has 0 unspecified atom stereocenters. The van der Waals surface area contributed by atoms with Gasteiger partial charge in [0.2, 0.25) is 0 Å². The van der Waals surface area contributed by atoms with Crippen LogP contribution in [-0.4, -0.2) is 60.4 Å². The smallest absolute Gasteiger partial charge is 0.358 e. The van der Waals surface area contributed by atoms with Crippen LogP contribution in [-0.2, 0) is 4.74 Å². The Morgan fingerprint density at radius 2 is 1.90 bits per heavy atom. The van der Waals surface area contributed by atoms with Gasteiger partial charge in [-0.3, -0.25) is 4.79 Å². The first-order valence-corrected chi connectivity index (χ1v) is 9.99. The molecule has 3 aromatic rings. The standard InChI is InChI=1S/C23H26N4O4/c1-4-30-23(29)20-12-13-27(25-20)18-9-7-8-17(16-18)24-22(28)19-10-5-6-11-21(19)31-15-14-26(2)3/h5-13,16H,4,14-15H2,1-3H3,(H,24,28). The number of anilines is 1. The van der Waals surface area contributed by atoms with Crippen molar-refractivity contribution in [1.29, 1.82) is 0 Å². The van der Waals surface area contributed by atoms with Crippen molar-refractivity contribution in [3.63, 3.8) is 0 Å². The van der Waals surface area contributed by atoms with Crippen LogP contribution in [0.4, 0.5) is 5.69 Å². The molecule has 0 fully saturated rings. The Labute approximate surface area is 181 Å². The molecule has 0 aliphatic carbocycles. The van der Waals surface area contributed by atoms with Crippen molar-refractivity contribution in [2.24, 2.45) is 0 Å². The average molecular weight is 422 g/mol. The zero-order valence-corrected chi connectivity index (χ0v) is 17.9. The molecule has 1 aromatic heterocycles. The number of nitrogens with one attached hydrogen (secondary N) is 1. The van der Waals surface area contributed by atoms with Crippen LogP contribution in [0.5, 0.6) is 5.75 Å². The van der Waals surface area contributed by atoms with Crippen LogP contribution in [0.2, 0.25) is 0 Å². The molecule has 31 heavy (non-hydrogen) atoms. The summed E-state index contributed by atoms with van der Waals surface area (Å²) in [5.74, 6) is -0.217. The SMILES string of the molecule is CCOC(=O)c1ccn(-c2cccc(NC(=O)c3ccccc3OCCN(C)C)c2)n1. The largest absolute Gasteiger partial charge is 0.491 e. The van der Waals surface area contributed by atoms with Gasteiger partial charge in [-0.05, 0) is 57.4 Å². The molecule has 1 N–H and O–H groups in total. The number of esters is 1. The summed E-state index contributed by atoms with van der Waals surface area (Å²) in [4.78, 5) is 26.7. The number of para-hydroxylation sites is 1. The van der Waals surface area contributed by atoms with Crippen molar-refractivity contribution in [2.45, 2.75) is 6.92 Å². The van der Waals surface area contributed by atoms with Crippen LogP contribution < -0.4 is 10.1 Å². The lowest BCUT2D eigenvalue weighted by atomic mass is 10.1. The van der Waals surface area contributed by atoms with Gasteiger partial charge in [-0.1, -0.05) is 18.2 Å². The van der Waals surface area contributed by atoms with Crippen LogP contribution in [0.3, 0.4) is 0 Å². The molecule has 1 amide bonds. The quantitative estimate of drug-likeness (QED) is 0.533. The highest BCUT2D eigenvalue weighted by Gasteiger charge is 2.14. The number of carbonyl (C=O) groups is 2. The number of ether oxygens (including phenoxy) is 2. The number of rotatable bonds is 9. The predicted octanol–water partition coefficient (Wildman–Crippen LogP) is 3.24. The zero-order chi connectivity index (χ0) is 22.2. The third-order valence-electron chi connectivity index (χ3n) is 4.37. The minimum absolute atomic E-state index is 0.222. The van der Waals surface area contributed by atoms with Gasteiger partial charge in [0, 0.05) is 18.4 Å². The van der Waals surface area contributed by atoms with E-state index in [9.17, 15) is 9.59 Å². The van der Waals surface area contributed by atoms with E-state index in [4.69, 9.17) is 9.47 Å². The predicted molar refractivity (Wildman–Crippen MR) is 118 cm³/mol. The first kappa shape index (κ1) is 22.0. The maximum Gasteiger partial charge on any atom is 0.358 e. The number of aromatic nitrogens is 2. The van der Waals surface area contributed by atoms with Gasteiger partial charge in [0.05, 0.1) is 17.9 Å². The number of carbonyl (C=O) groups excluding carboxylic acids is 2. The maximum absolute atomic E-state index is 12.9. The van der Waals surface area contributed by atoms with Crippen molar-refractivity contribution in [2.75, 3.05) is 39.2 Å². The van der Waals surface area contributed by atoms with Gasteiger partial charge in [0.1, 0.15) is 12.4 Å². The monoisotopic (exact) mass is 422 g/mol. The Kier molecular flexibility index (Phi) is 7.40. The minimum Gasteiger partial charge on any atom is -0.491 e. The van der Waals surface area contributed by atoms with Crippen molar-refractivity contribution in [1.82, 2.24) is 14.7 Å². The molecule has 0 saturated carbocycles.